The summed E-state index contributed by atoms with van der Waals surface area (Å²) < 4.78 is 6.00. The molecule has 0 atom stereocenters. The molecule has 0 spiro atoms. The van der Waals surface area contributed by atoms with Crippen LogP contribution in [0.4, 0.5) is 0 Å². The molecule has 0 unspecified atom stereocenters. The van der Waals surface area contributed by atoms with E-state index in [1.54, 1.807) is 0 Å². The number of hydrogen-bond acceptors (Lipinski definition) is 1. The van der Waals surface area contributed by atoms with Crippen LogP contribution in [0.2, 0.25) is 0 Å². The highest BCUT2D eigenvalue weighted by Gasteiger charge is 2.41. The lowest BCUT2D eigenvalue weighted by Crippen LogP contribution is -2.35. The molecule has 0 saturated heterocycles. The van der Waals surface area contributed by atoms with Crippen molar-refractivity contribution >= 4 is 0 Å². The summed E-state index contributed by atoms with van der Waals surface area (Å²) >= 11 is 0. The molecular weight excluding hydrogens is 196 g/mol. The van der Waals surface area contributed by atoms with Crippen molar-refractivity contribution in [3.63, 3.8) is 0 Å². The Kier molecular flexibility index (Phi) is 3.22. The highest BCUT2D eigenvalue weighted by molar-refractivity contribution is 5.28. The fourth-order valence-corrected chi connectivity index (χ4v) is 2.86. The van der Waals surface area contributed by atoms with Crippen LogP contribution in [0.1, 0.15) is 61.8 Å². The average molecular weight is 224 g/mol. The van der Waals surface area contributed by atoms with Crippen LogP contribution in [0.15, 0.2) is 11.3 Å². The third kappa shape index (κ3) is 2.61. The molecule has 1 heteroatoms. The third-order valence-electron chi connectivity index (χ3n) is 3.31. The molecule has 1 rings (SSSR count). The van der Waals surface area contributed by atoms with Gasteiger partial charge in [-0.3, -0.25) is 0 Å². The quantitative estimate of drug-likeness (QED) is 0.575. The second-order valence-corrected chi connectivity index (χ2v) is 7.69. The monoisotopic (exact) mass is 224 g/mol. The summed E-state index contributed by atoms with van der Waals surface area (Å²) in [6.45, 7) is 19.2. The van der Waals surface area contributed by atoms with Gasteiger partial charge in [0.1, 0.15) is 5.76 Å². The molecule has 0 bridgehead atoms. The molecule has 0 fully saturated rings. The molecule has 0 aromatic heterocycles. The lowest BCUT2D eigenvalue weighted by atomic mass is 9.65. The molecular formula is C15H28O. The Bertz CT molecular complexity index is 294. The van der Waals surface area contributed by atoms with Gasteiger partial charge in [-0.05, 0) is 22.8 Å². The maximum atomic E-state index is 6.00. The molecule has 0 saturated carbocycles. The van der Waals surface area contributed by atoms with Crippen molar-refractivity contribution in [3.8, 4) is 0 Å². The smallest absolute Gasteiger partial charge is 0.102 e. The van der Waals surface area contributed by atoms with Gasteiger partial charge in [-0.2, -0.15) is 0 Å². The standard InChI is InChI=1S/C15H28O/c1-13(2,3)11-12(14(4,5)6)16-10-9-15(11,7)8/h9-10H2,1-8H3. The van der Waals surface area contributed by atoms with E-state index in [0.29, 0.717) is 0 Å². The van der Waals surface area contributed by atoms with E-state index in [1.807, 2.05) is 0 Å². The summed E-state index contributed by atoms with van der Waals surface area (Å²) in [7, 11) is 0. The van der Waals surface area contributed by atoms with Crippen LogP contribution < -0.4 is 0 Å². The van der Waals surface area contributed by atoms with Gasteiger partial charge in [0.15, 0.2) is 0 Å². The summed E-state index contributed by atoms with van der Waals surface area (Å²) in [5.41, 5.74) is 2.06. The van der Waals surface area contributed by atoms with E-state index in [1.165, 1.54) is 11.3 Å². The van der Waals surface area contributed by atoms with E-state index in [2.05, 4.69) is 55.4 Å². The molecule has 1 nitrogen and oxygen atoms in total. The van der Waals surface area contributed by atoms with Crippen molar-refractivity contribution in [1.29, 1.82) is 0 Å². The normalized spacial score (nSPS) is 22.0. The lowest BCUT2D eigenvalue weighted by Gasteiger charge is -2.45. The van der Waals surface area contributed by atoms with Crippen LogP contribution in [-0.2, 0) is 4.74 Å². The molecule has 0 radical (unpaired) electrons. The number of ether oxygens (including phenoxy) is 1. The van der Waals surface area contributed by atoms with E-state index in [-0.39, 0.29) is 16.2 Å². The van der Waals surface area contributed by atoms with Crippen LogP contribution in [0, 0.1) is 16.2 Å². The first-order chi connectivity index (χ1) is 6.96. The van der Waals surface area contributed by atoms with Gasteiger partial charge in [0.2, 0.25) is 0 Å². The van der Waals surface area contributed by atoms with Crippen LogP contribution in [0.3, 0.4) is 0 Å². The Morgan fingerprint density at radius 2 is 1.44 bits per heavy atom. The second-order valence-electron chi connectivity index (χ2n) is 7.69. The van der Waals surface area contributed by atoms with Gasteiger partial charge < -0.3 is 4.74 Å². The van der Waals surface area contributed by atoms with Gasteiger partial charge in [-0.1, -0.05) is 55.4 Å². The molecule has 1 aliphatic heterocycles. The van der Waals surface area contributed by atoms with Crippen LogP contribution in [0.5, 0.6) is 0 Å². The fraction of sp³-hybridized carbons (Fsp3) is 0.867. The Balaban J connectivity index is 3.39. The minimum atomic E-state index is 0.111. The van der Waals surface area contributed by atoms with E-state index >= 15 is 0 Å². The van der Waals surface area contributed by atoms with Crippen molar-refractivity contribution in [3.05, 3.63) is 11.3 Å². The van der Waals surface area contributed by atoms with Gasteiger partial charge in [0.25, 0.3) is 0 Å². The highest BCUT2D eigenvalue weighted by atomic mass is 16.5. The van der Waals surface area contributed by atoms with E-state index in [9.17, 15) is 0 Å². The Morgan fingerprint density at radius 3 is 1.75 bits per heavy atom. The van der Waals surface area contributed by atoms with Crippen molar-refractivity contribution in [2.24, 2.45) is 16.2 Å². The molecule has 0 aromatic carbocycles. The van der Waals surface area contributed by atoms with Crippen LogP contribution in [-0.4, -0.2) is 6.61 Å². The van der Waals surface area contributed by atoms with E-state index in [4.69, 9.17) is 4.74 Å². The predicted molar refractivity (Wildman–Crippen MR) is 70.3 cm³/mol. The Labute approximate surface area is 101 Å². The summed E-state index contributed by atoms with van der Waals surface area (Å²) in [6, 6.07) is 0. The topological polar surface area (TPSA) is 9.23 Å². The van der Waals surface area contributed by atoms with Crippen molar-refractivity contribution < 1.29 is 4.74 Å². The maximum absolute atomic E-state index is 6.00. The minimum absolute atomic E-state index is 0.111. The lowest BCUT2D eigenvalue weighted by molar-refractivity contribution is 0.0757. The number of hydrogen-bond donors (Lipinski definition) is 0. The average Bonchev–Trinajstić information content (AvgIpc) is 1.97. The number of allylic oxidation sites excluding steroid dienone is 2. The van der Waals surface area contributed by atoms with Crippen molar-refractivity contribution in [2.75, 3.05) is 6.61 Å². The molecule has 1 heterocycles. The first-order valence-electron chi connectivity index (χ1n) is 6.35. The Morgan fingerprint density at radius 1 is 0.938 bits per heavy atom. The summed E-state index contributed by atoms with van der Waals surface area (Å²) in [6.07, 6.45) is 1.12. The molecule has 0 amide bonds. The fourth-order valence-electron chi connectivity index (χ4n) is 2.86. The van der Waals surface area contributed by atoms with Crippen LogP contribution in [0.25, 0.3) is 0 Å². The number of rotatable bonds is 0. The molecule has 94 valence electrons. The molecule has 16 heavy (non-hydrogen) atoms. The molecule has 1 aliphatic rings. The molecule has 0 aliphatic carbocycles. The minimum Gasteiger partial charge on any atom is -0.497 e. The summed E-state index contributed by atoms with van der Waals surface area (Å²) in [5, 5.41) is 0. The first kappa shape index (κ1) is 13.6. The first-order valence-corrected chi connectivity index (χ1v) is 6.35. The van der Waals surface area contributed by atoms with Crippen molar-refractivity contribution in [2.45, 2.75) is 61.8 Å². The zero-order valence-electron chi connectivity index (χ0n) is 12.3. The Hall–Kier alpha value is -0.460. The highest BCUT2D eigenvalue weighted by Crippen LogP contribution is 2.50. The van der Waals surface area contributed by atoms with Crippen LogP contribution >= 0.6 is 0 Å². The van der Waals surface area contributed by atoms with Gasteiger partial charge >= 0.3 is 0 Å². The molecule has 0 N–H and O–H groups in total. The van der Waals surface area contributed by atoms with Gasteiger partial charge in [-0.15, -0.1) is 0 Å². The predicted octanol–water partition coefficient (Wildman–Crippen LogP) is 4.78. The zero-order valence-corrected chi connectivity index (χ0v) is 12.3. The van der Waals surface area contributed by atoms with Gasteiger partial charge in [0, 0.05) is 5.41 Å². The van der Waals surface area contributed by atoms with Crippen molar-refractivity contribution in [1.82, 2.24) is 0 Å². The maximum Gasteiger partial charge on any atom is 0.102 e. The van der Waals surface area contributed by atoms with Gasteiger partial charge in [-0.25, -0.2) is 0 Å². The third-order valence-corrected chi connectivity index (χ3v) is 3.31. The zero-order chi connectivity index (χ0) is 12.8. The second kappa shape index (κ2) is 3.78. The summed E-state index contributed by atoms with van der Waals surface area (Å²) in [5.74, 6) is 1.22. The van der Waals surface area contributed by atoms with E-state index < -0.39 is 0 Å². The van der Waals surface area contributed by atoms with E-state index in [0.717, 1.165) is 13.0 Å². The molecule has 0 aromatic rings. The summed E-state index contributed by atoms with van der Waals surface area (Å²) in [4.78, 5) is 0. The van der Waals surface area contributed by atoms with Gasteiger partial charge in [0.05, 0.1) is 6.61 Å². The largest absolute Gasteiger partial charge is 0.497 e. The SMILES string of the molecule is CC(C)(C)C1=C(C(C)(C)C)C(C)(C)CCO1.